The Balaban J connectivity index is 2.06. The van der Waals surface area contributed by atoms with Crippen LogP contribution in [0.1, 0.15) is 24.8 Å². The highest BCUT2D eigenvalue weighted by Gasteiger charge is 2.19. The first-order chi connectivity index (χ1) is 7.79. The molecule has 0 spiro atoms. The molecule has 0 heterocycles. The molecule has 0 radical (unpaired) electrons. The van der Waals surface area contributed by atoms with Gasteiger partial charge in [0, 0.05) is 6.54 Å². The van der Waals surface area contributed by atoms with Gasteiger partial charge in [-0.05, 0) is 52.9 Å². The highest BCUT2D eigenvalue weighted by molar-refractivity contribution is 9.10. The van der Waals surface area contributed by atoms with E-state index in [0.717, 1.165) is 15.8 Å². The summed E-state index contributed by atoms with van der Waals surface area (Å²) in [6.45, 7) is 0.567. The van der Waals surface area contributed by atoms with Crippen LogP contribution in [0, 0.1) is 0 Å². The van der Waals surface area contributed by atoms with Gasteiger partial charge in [-0.2, -0.15) is 0 Å². The van der Waals surface area contributed by atoms with Crippen LogP contribution < -0.4 is 10.5 Å². The molecule has 1 aliphatic carbocycles. The van der Waals surface area contributed by atoms with Gasteiger partial charge in [-0.3, -0.25) is 0 Å². The van der Waals surface area contributed by atoms with Crippen molar-refractivity contribution in [2.24, 2.45) is 5.73 Å². The van der Waals surface area contributed by atoms with Gasteiger partial charge in [0.05, 0.1) is 10.6 Å². The van der Waals surface area contributed by atoms with Crippen molar-refractivity contribution in [2.45, 2.75) is 25.4 Å². The minimum absolute atomic E-state index is 0.418. The van der Waals surface area contributed by atoms with Crippen molar-refractivity contribution in [3.63, 3.8) is 0 Å². The maximum absolute atomic E-state index is 5.84. The van der Waals surface area contributed by atoms with E-state index in [1.165, 1.54) is 19.3 Å². The fraction of sp³-hybridized carbons (Fsp3) is 0.385. The van der Waals surface area contributed by atoms with Gasteiger partial charge in [0.25, 0.3) is 0 Å². The molecule has 2 N–H and O–H groups in total. The van der Waals surface area contributed by atoms with Crippen LogP contribution in [0.4, 0.5) is 0 Å². The minimum Gasteiger partial charge on any atom is -0.489 e. The van der Waals surface area contributed by atoms with E-state index in [-0.39, 0.29) is 0 Å². The topological polar surface area (TPSA) is 35.2 Å². The molecule has 1 aromatic carbocycles. The monoisotopic (exact) mass is 281 g/mol. The van der Waals surface area contributed by atoms with Crippen molar-refractivity contribution in [3.05, 3.63) is 34.3 Å². The van der Waals surface area contributed by atoms with Crippen LogP contribution in [-0.4, -0.2) is 12.6 Å². The zero-order valence-electron chi connectivity index (χ0n) is 9.16. The van der Waals surface area contributed by atoms with Gasteiger partial charge in [-0.1, -0.05) is 18.2 Å². The van der Waals surface area contributed by atoms with Gasteiger partial charge in [-0.15, -0.1) is 0 Å². The van der Waals surface area contributed by atoms with Crippen LogP contribution in [0.25, 0.3) is 6.08 Å². The lowest BCUT2D eigenvalue weighted by Crippen LogP contribution is -2.24. The summed E-state index contributed by atoms with van der Waals surface area (Å²) >= 11 is 3.53. The summed E-state index contributed by atoms with van der Waals surface area (Å²) in [6.07, 6.45) is 8.02. The van der Waals surface area contributed by atoms with E-state index in [4.69, 9.17) is 10.5 Å². The molecule has 1 aliphatic rings. The van der Waals surface area contributed by atoms with Crippen LogP contribution >= 0.6 is 15.9 Å². The first-order valence-electron chi connectivity index (χ1n) is 5.62. The molecule has 0 aliphatic heterocycles. The van der Waals surface area contributed by atoms with E-state index in [1.807, 2.05) is 24.3 Å². The Bertz CT molecular complexity index is 386. The Labute approximate surface area is 105 Å². The van der Waals surface area contributed by atoms with E-state index < -0.39 is 0 Å². The molecule has 2 rings (SSSR count). The first kappa shape index (κ1) is 11.7. The van der Waals surface area contributed by atoms with Crippen LogP contribution in [0.3, 0.4) is 0 Å². The summed E-state index contributed by atoms with van der Waals surface area (Å²) < 4.78 is 6.86. The van der Waals surface area contributed by atoms with Gasteiger partial charge >= 0.3 is 0 Å². The van der Waals surface area contributed by atoms with Gasteiger partial charge < -0.3 is 10.5 Å². The predicted octanol–water partition coefficient (Wildman–Crippen LogP) is 3.35. The molecule has 0 atom stereocenters. The molecule has 0 saturated heterocycles. The van der Waals surface area contributed by atoms with Crippen LogP contribution in [0.15, 0.2) is 28.7 Å². The quantitative estimate of drug-likeness (QED) is 0.919. The van der Waals surface area contributed by atoms with Crippen molar-refractivity contribution in [3.8, 4) is 5.75 Å². The van der Waals surface area contributed by atoms with Crippen molar-refractivity contribution in [1.82, 2.24) is 0 Å². The highest BCUT2D eigenvalue weighted by atomic mass is 79.9. The fourth-order valence-electron chi connectivity index (χ4n) is 1.59. The largest absolute Gasteiger partial charge is 0.489 e. The lowest BCUT2D eigenvalue weighted by atomic mass is 9.96. The van der Waals surface area contributed by atoms with Gasteiger partial charge in [0.1, 0.15) is 5.75 Å². The number of ether oxygens (including phenoxy) is 1. The molecule has 86 valence electrons. The number of nitrogens with two attached hydrogens (primary N) is 1. The standard InChI is InChI=1S/C13H16BrNO/c14-12-9-10(3-2-8-15)6-7-13(12)16-11-4-1-5-11/h2-3,6-7,9,11H,1,4-5,8,15H2/b3-2+. The molecular weight excluding hydrogens is 266 g/mol. The Morgan fingerprint density at radius 1 is 1.44 bits per heavy atom. The highest BCUT2D eigenvalue weighted by Crippen LogP contribution is 2.31. The summed E-state index contributed by atoms with van der Waals surface area (Å²) in [4.78, 5) is 0. The van der Waals surface area contributed by atoms with Crippen molar-refractivity contribution in [2.75, 3.05) is 6.54 Å². The summed E-state index contributed by atoms with van der Waals surface area (Å²) in [5.74, 6) is 0.939. The second-order valence-corrected chi connectivity index (χ2v) is 4.85. The van der Waals surface area contributed by atoms with Crippen molar-refractivity contribution in [1.29, 1.82) is 0 Å². The average Bonchev–Trinajstić information content (AvgIpc) is 2.22. The van der Waals surface area contributed by atoms with Crippen molar-refractivity contribution >= 4 is 22.0 Å². The molecule has 0 unspecified atom stereocenters. The number of hydrogen-bond acceptors (Lipinski definition) is 2. The molecule has 16 heavy (non-hydrogen) atoms. The second kappa shape index (κ2) is 5.51. The molecule has 1 fully saturated rings. The first-order valence-corrected chi connectivity index (χ1v) is 6.41. The van der Waals surface area contributed by atoms with E-state index in [2.05, 4.69) is 22.0 Å². The number of rotatable bonds is 4. The van der Waals surface area contributed by atoms with Gasteiger partial charge in [0.15, 0.2) is 0 Å². The normalized spacial score (nSPS) is 16.4. The van der Waals surface area contributed by atoms with Gasteiger partial charge in [-0.25, -0.2) is 0 Å². The molecule has 1 aromatic rings. The molecular formula is C13H16BrNO. The third-order valence-electron chi connectivity index (χ3n) is 2.75. The number of hydrogen-bond donors (Lipinski definition) is 1. The van der Waals surface area contributed by atoms with E-state index >= 15 is 0 Å². The Kier molecular flexibility index (Phi) is 4.02. The smallest absolute Gasteiger partial charge is 0.133 e. The zero-order valence-corrected chi connectivity index (χ0v) is 10.7. The summed E-state index contributed by atoms with van der Waals surface area (Å²) in [7, 11) is 0. The Morgan fingerprint density at radius 2 is 2.25 bits per heavy atom. The number of benzene rings is 1. The summed E-state index contributed by atoms with van der Waals surface area (Å²) in [5, 5.41) is 0. The predicted molar refractivity (Wildman–Crippen MR) is 70.5 cm³/mol. The third-order valence-corrected chi connectivity index (χ3v) is 3.37. The maximum Gasteiger partial charge on any atom is 0.133 e. The molecule has 0 bridgehead atoms. The lowest BCUT2D eigenvalue weighted by molar-refractivity contribution is 0.119. The SMILES string of the molecule is NC/C=C/c1ccc(OC2CCC2)c(Br)c1. The van der Waals surface area contributed by atoms with E-state index in [9.17, 15) is 0 Å². The van der Waals surface area contributed by atoms with Crippen LogP contribution in [0.5, 0.6) is 5.75 Å². The van der Waals surface area contributed by atoms with Crippen molar-refractivity contribution < 1.29 is 4.74 Å². The maximum atomic E-state index is 5.84. The second-order valence-electron chi connectivity index (χ2n) is 4.00. The average molecular weight is 282 g/mol. The van der Waals surface area contributed by atoms with Gasteiger partial charge in [0.2, 0.25) is 0 Å². The lowest BCUT2D eigenvalue weighted by Gasteiger charge is -2.26. The fourth-order valence-corrected chi connectivity index (χ4v) is 2.08. The molecule has 1 saturated carbocycles. The third kappa shape index (κ3) is 2.86. The molecule has 0 amide bonds. The Morgan fingerprint density at radius 3 is 2.81 bits per heavy atom. The summed E-state index contributed by atoms with van der Waals surface area (Å²) in [5.41, 5.74) is 6.55. The van der Waals surface area contributed by atoms with E-state index in [1.54, 1.807) is 0 Å². The van der Waals surface area contributed by atoms with Crippen LogP contribution in [-0.2, 0) is 0 Å². The van der Waals surface area contributed by atoms with E-state index in [0.29, 0.717) is 12.6 Å². The zero-order chi connectivity index (χ0) is 11.4. The molecule has 2 nitrogen and oxygen atoms in total. The molecule has 3 heteroatoms. The van der Waals surface area contributed by atoms with Crippen LogP contribution in [0.2, 0.25) is 0 Å². The Hall–Kier alpha value is -0.800. The number of halogens is 1. The summed E-state index contributed by atoms with van der Waals surface area (Å²) in [6, 6.07) is 6.11. The minimum atomic E-state index is 0.418. The molecule has 0 aromatic heterocycles.